The van der Waals surface area contributed by atoms with E-state index in [1.807, 2.05) is 0 Å². The maximum absolute atomic E-state index is 11.1. The average molecular weight is 218 g/mol. The molecule has 0 radical (unpaired) electrons. The minimum absolute atomic E-state index is 0.00102. The van der Waals surface area contributed by atoms with E-state index in [0.29, 0.717) is 18.8 Å². The highest BCUT2D eigenvalue weighted by atomic mass is 16.3. The smallest absolute Gasteiger partial charge is 0.239 e. The maximum atomic E-state index is 11.1. The van der Waals surface area contributed by atoms with Gasteiger partial charge in [0.1, 0.15) is 0 Å². The van der Waals surface area contributed by atoms with Crippen LogP contribution >= 0.6 is 0 Å². The van der Waals surface area contributed by atoms with E-state index in [4.69, 9.17) is 10.2 Å². The molecule has 7 nitrogen and oxygen atoms in total. The van der Waals surface area contributed by atoms with Crippen molar-refractivity contribution in [2.24, 2.45) is 5.10 Å². The zero-order valence-corrected chi connectivity index (χ0v) is 8.79. The topological polar surface area (TPSA) is 106 Å². The highest BCUT2D eigenvalue weighted by Crippen LogP contribution is 1.84. The van der Waals surface area contributed by atoms with E-state index in [2.05, 4.69) is 21.4 Å². The average Bonchev–Trinajstić information content (AvgIpc) is 2.18. The van der Waals surface area contributed by atoms with Crippen molar-refractivity contribution in [3.05, 3.63) is 0 Å². The lowest BCUT2D eigenvalue weighted by Crippen LogP contribution is -2.39. The van der Waals surface area contributed by atoms with Gasteiger partial charge in [-0.25, -0.2) is 5.43 Å². The number of carbonyl (C=O) groups excluding carboxylic acids is 1. The van der Waals surface area contributed by atoms with Crippen LogP contribution in [0.15, 0.2) is 5.10 Å². The van der Waals surface area contributed by atoms with Gasteiger partial charge in [0.2, 0.25) is 5.91 Å². The van der Waals surface area contributed by atoms with Crippen molar-refractivity contribution in [2.45, 2.75) is 13.3 Å². The van der Waals surface area contributed by atoms with Crippen molar-refractivity contribution < 1.29 is 15.0 Å². The van der Waals surface area contributed by atoms with Crippen LogP contribution in [0.25, 0.3) is 0 Å². The lowest BCUT2D eigenvalue weighted by molar-refractivity contribution is -0.120. The fraction of sp³-hybridized carbons (Fsp3) is 0.750. The van der Waals surface area contributed by atoms with E-state index in [0.717, 1.165) is 0 Å². The van der Waals surface area contributed by atoms with Gasteiger partial charge in [-0.2, -0.15) is 5.10 Å². The van der Waals surface area contributed by atoms with E-state index < -0.39 is 0 Å². The molecule has 0 spiro atoms. The summed E-state index contributed by atoms with van der Waals surface area (Å²) in [5.74, 6) is -0.226. The quantitative estimate of drug-likeness (QED) is 0.183. The van der Waals surface area contributed by atoms with Crippen LogP contribution < -0.4 is 16.3 Å². The largest absolute Gasteiger partial charge is 0.395 e. The number of rotatable bonds is 8. The van der Waals surface area contributed by atoms with Gasteiger partial charge < -0.3 is 15.6 Å². The third kappa shape index (κ3) is 9.13. The van der Waals surface area contributed by atoms with E-state index >= 15 is 0 Å². The molecule has 0 aromatic carbocycles. The molecular weight excluding hydrogens is 200 g/mol. The fourth-order valence-corrected chi connectivity index (χ4v) is 0.774. The number of aliphatic hydroxyl groups excluding tert-OH is 2. The van der Waals surface area contributed by atoms with Gasteiger partial charge in [0, 0.05) is 12.3 Å². The third-order valence-corrected chi connectivity index (χ3v) is 1.37. The summed E-state index contributed by atoms with van der Waals surface area (Å²) in [5.41, 5.74) is 8.16. The molecule has 0 aliphatic rings. The van der Waals surface area contributed by atoms with Gasteiger partial charge >= 0.3 is 0 Å². The Morgan fingerprint density at radius 1 is 1.27 bits per heavy atom. The van der Waals surface area contributed by atoms with E-state index in [-0.39, 0.29) is 25.5 Å². The van der Waals surface area contributed by atoms with E-state index in [1.54, 1.807) is 6.92 Å². The van der Waals surface area contributed by atoms with Crippen LogP contribution in [0.3, 0.4) is 0 Å². The number of carbonyl (C=O) groups is 1. The Morgan fingerprint density at radius 2 is 1.93 bits per heavy atom. The molecule has 0 aromatic heterocycles. The molecule has 0 unspecified atom stereocenters. The summed E-state index contributed by atoms with van der Waals surface area (Å²) >= 11 is 0. The molecule has 1 amide bonds. The van der Waals surface area contributed by atoms with Crippen LogP contribution in [0.5, 0.6) is 0 Å². The van der Waals surface area contributed by atoms with E-state index in [9.17, 15) is 4.79 Å². The second-order valence-corrected chi connectivity index (χ2v) is 2.85. The first-order valence-electron chi connectivity index (χ1n) is 4.70. The highest BCUT2D eigenvalue weighted by Gasteiger charge is 2.02. The lowest BCUT2D eigenvalue weighted by atomic mass is 10.3. The standard InChI is InChI=1S/C8H18N4O3/c1-7(11-9-2-4-13)6-8(15)12-10-3-5-14/h9-10,13-14H,2-6H2,1H3,(H,12,15). The first kappa shape index (κ1) is 13.8. The number of hydrazone groups is 1. The molecule has 0 aliphatic heterocycles. The third-order valence-electron chi connectivity index (χ3n) is 1.37. The number of hydrazine groups is 1. The van der Waals surface area contributed by atoms with Crippen molar-refractivity contribution in [3.63, 3.8) is 0 Å². The Bertz CT molecular complexity index is 208. The second kappa shape index (κ2) is 9.38. The van der Waals surface area contributed by atoms with Crippen LogP contribution in [-0.2, 0) is 4.79 Å². The van der Waals surface area contributed by atoms with Gasteiger partial charge in [-0.15, -0.1) is 0 Å². The lowest BCUT2D eigenvalue weighted by Gasteiger charge is -2.05. The summed E-state index contributed by atoms with van der Waals surface area (Å²) in [7, 11) is 0. The van der Waals surface area contributed by atoms with Gasteiger partial charge in [-0.3, -0.25) is 10.2 Å². The zero-order valence-electron chi connectivity index (χ0n) is 8.79. The van der Waals surface area contributed by atoms with Crippen LogP contribution in [-0.4, -0.2) is 48.1 Å². The van der Waals surface area contributed by atoms with Gasteiger partial charge in [0.25, 0.3) is 0 Å². The molecule has 0 aromatic rings. The normalized spacial score (nSPS) is 11.3. The fourth-order valence-electron chi connectivity index (χ4n) is 0.774. The summed E-state index contributed by atoms with van der Waals surface area (Å²) in [6.45, 7) is 2.34. The van der Waals surface area contributed by atoms with Gasteiger partial charge in [0.05, 0.1) is 26.2 Å². The van der Waals surface area contributed by atoms with Crippen LogP contribution in [0.4, 0.5) is 0 Å². The Kier molecular flexibility index (Phi) is 8.64. The second-order valence-electron chi connectivity index (χ2n) is 2.85. The van der Waals surface area contributed by atoms with E-state index in [1.165, 1.54) is 0 Å². The summed E-state index contributed by atoms with van der Waals surface area (Å²) in [6, 6.07) is 0. The van der Waals surface area contributed by atoms with Crippen molar-refractivity contribution in [3.8, 4) is 0 Å². The van der Waals surface area contributed by atoms with Crippen LogP contribution in [0.1, 0.15) is 13.3 Å². The first-order chi connectivity index (χ1) is 7.20. The molecule has 0 bridgehead atoms. The Morgan fingerprint density at radius 3 is 2.53 bits per heavy atom. The predicted molar refractivity (Wildman–Crippen MR) is 56.0 cm³/mol. The number of amides is 1. The van der Waals surface area contributed by atoms with Crippen molar-refractivity contribution in [1.82, 2.24) is 16.3 Å². The molecule has 7 heteroatoms. The summed E-state index contributed by atoms with van der Waals surface area (Å²) in [5, 5.41) is 20.7. The van der Waals surface area contributed by atoms with Crippen molar-refractivity contribution >= 4 is 11.6 Å². The van der Waals surface area contributed by atoms with Gasteiger partial charge in [-0.1, -0.05) is 0 Å². The van der Waals surface area contributed by atoms with Gasteiger partial charge in [0.15, 0.2) is 0 Å². The highest BCUT2D eigenvalue weighted by molar-refractivity contribution is 5.99. The predicted octanol–water partition coefficient (Wildman–Crippen LogP) is -2.05. The molecule has 0 heterocycles. The first-order valence-corrected chi connectivity index (χ1v) is 4.70. The Hall–Kier alpha value is -1.18. The summed E-state index contributed by atoms with van der Waals surface area (Å²) < 4.78 is 0. The number of nitrogens with one attached hydrogen (secondary N) is 3. The van der Waals surface area contributed by atoms with Crippen LogP contribution in [0.2, 0.25) is 0 Å². The number of aliphatic hydroxyl groups is 2. The van der Waals surface area contributed by atoms with Gasteiger partial charge in [-0.05, 0) is 6.92 Å². The zero-order chi connectivity index (χ0) is 11.5. The number of hydrogen-bond acceptors (Lipinski definition) is 6. The Labute approximate surface area is 88.5 Å². The molecule has 0 saturated heterocycles. The maximum Gasteiger partial charge on any atom is 0.239 e. The van der Waals surface area contributed by atoms with Crippen molar-refractivity contribution in [1.29, 1.82) is 0 Å². The summed E-state index contributed by atoms with van der Waals surface area (Å²) in [6.07, 6.45) is 0.164. The minimum Gasteiger partial charge on any atom is -0.395 e. The molecule has 15 heavy (non-hydrogen) atoms. The molecule has 5 N–H and O–H groups in total. The molecule has 0 saturated carbocycles. The Balaban J connectivity index is 3.60. The minimum atomic E-state index is -0.226. The van der Waals surface area contributed by atoms with Crippen LogP contribution in [0, 0.1) is 0 Å². The van der Waals surface area contributed by atoms with Crippen molar-refractivity contribution in [2.75, 3.05) is 26.3 Å². The molecule has 0 rings (SSSR count). The monoisotopic (exact) mass is 218 g/mol. The molecule has 0 atom stereocenters. The number of hydrogen-bond donors (Lipinski definition) is 5. The SMILES string of the molecule is CC(CC(=O)NNCCO)=NNCCO. The molecule has 0 aliphatic carbocycles. The molecule has 0 fully saturated rings. The molecule has 88 valence electrons. The number of nitrogens with zero attached hydrogens (tertiary/aromatic N) is 1. The summed E-state index contributed by atoms with van der Waals surface area (Å²) in [4.78, 5) is 11.1. The molecular formula is C8H18N4O3.